The molecule has 1 aromatic carbocycles. The molecule has 2 aromatic rings. The van der Waals surface area contributed by atoms with E-state index in [0.29, 0.717) is 29.1 Å². The number of benzene rings is 1. The number of nitrogens with zero attached hydrogens (tertiary/aromatic N) is 2. The fraction of sp³-hybridized carbons (Fsp3) is 0.533. The maximum absolute atomic E-state index is 11.5. The highest BCUT2D eigenvalue weighted by molar-refractivity contribution is 7.16. The molecule has 0 radical (unpaired) electrons. The Balaban J connectivity index is 1.96. The van der Waals surface area contributed by atoms with Crippen molar-refractivity contribution in [2.24, 2.45) is 11.8 Å². The van der Waals surface area contributed by atoms with Gasteiger partial charge in [-0.15, -0.1) is 11.3 Å². The zero-order valence-electron chi connectivity index (χ0n) is 12.2. The lowest BCUT2D eigenvalue weighted by atomic mass is 9.78. The molecule has 1 aromatic heterocycles. The number of hydrogen-bond acceptors (Lipinski definition) is 5. The molecule has 3 rings (SSSR count). The number of aromatic nitrogens is 1. The first-order chi connectivity index (χ1) is 10.1. The third kappa shape index (κ3) is 2.60. The van der Waals surface area contributed by atoms with Crippen molar-refractivity contribution in [3.8, 4) is 0 Å². The number of rotatable bonds is 3. The van der Waals surface area contributed by atoms with Crippen LogP contribution in [0.5, 0.6) is 0 Å². The van der Waals surface area contributed by atoms with E-state index in [-0.39, 0.29) is 10.6 Å². The molecule has 21 heavy (non-hydrogen) atoms. The molecule has 1 heterocycles. The smallest absolute Gasteiger partial charge is 0.319 e. The topological polar surface area (TPSA) is 68.1 Å². The maximum atomic E-state index is 11.5. The van der Waals surface area contributed by atoms with Crippen LogP contribution < -0.4 is 5.32 Å². The summed E-state index contributed by atoms with van der Waals surface area (Å²) in [5, 5.41) is 14.9. The predicted molar refractivity (Wildman–Crippen MR) is 85.9 cm³/mol. The fourth-order valence-electron chi connectivity index (χ4n) is 3.20. The Morgan fingerprint density at radius 1 is 1.38 bits per heavy atom. The first-order valence-corrected chi connectivity index (χ1v) is 8.23. The van der Waals surface area contributed by atoms with Crippen LogP contribution in [0.25, 0.3) is 10.2 Å². The average molecular weight is 305 g/mol. The number of nitro groups is 1. The van der Waals surface area contributed by atoms with Gasteiger partial charge in [0.15, 0.2) is 5.52 Å². The summed E-state index contributed by atoms with van der Waals surface area (Å²) in [6, 6.07) is 4.03. The van der Waals surface area contributed by atoms with Crippen LogP contribution in [0.1, 0.15) is 33.1 Å². The Morgan fingerprint density at radius 3 is 2.95 bits per heavy atom. The lowest BCUT2D eigenvalue weighted by molar-refractivity contribution is -0.382. The normalized spacial score (nSPS) is 25.9. The summed E-state index contributed by atoms with van der Waals surface area (Å²) in [5.74, 6) is 1.17. The lowest BCUT2D eigenvalue weighted by Gasteiger charge is -2.35. The van der Waals surface area contributed by atoms with Crippen LogP contribution in [0, 0.1) is 22.0 Å². The summed E-state index contributed by atoms with van der Waals surface area (Å²) < 4.78 is 0.859. The van der Waals surface area contributed by atoms with Crippen LogP contribution in [-0.2, 0) is 0 Å². The first kappa shape index (κ1) is 14.3. The van der Waals surface area contributed by atoms with Gasteiger partial charge in [0, 0.05) is 6.04 Å². The largest absolute Gasteiger partial charge is 0.376 e. The zero-order valence-corrected chi connectivity index (χ0v) is 13.0. The van der Waals surface area contributed by atoms with Crippen molar-refractivity contribution in [2.45, 2.75) is 39.2 Å². The van der Waals surface area contributed by atoms with E-state index < -0.39 is 0 Å². The summed E-state index contributed by atoms with van der Waals surface area (Å²) in [6.45, 7) is 4.49. The van der Waals surface area contributed by atoms with Gasteiger partial charge in [-0.2, -0.15) is 0 Å². The van der Waals surface area contributed by atoms with E-state index in [2.05, 4.69) is 24.1 Å². The van der Waals surface area contributed by atoms with Crippen molar-refractivity contribution in [3.05, 3.63) is 27.8 Å². The highest BCUT2D eigenvalue weighted by atomic mass is 32.1. The first-order valence-electron chi connectivity index (χ1n) is 7.35. The van der Waals surface area contributed by atoms with Crippen molar-refractivity contribution in [2.75, 3.05) is 5.32 Å². The highest BCUT2D eigenvalue weighted by Crippen LogP contribution is 2.37. The highest BCUT2D eigenvalue weighted by Gasteiger charge is 2.29. The van der Waals surface area contributed by atoms with Gasteiger partial charge in [0.2, 0.25) is 0 Å². The molecule has 1 N–H and O–H groups in total. The third-order valence-corrected chi connectivity index (χ3v) is 5.50. The fourth-order valence-corrected chi connectivity index (χ4v) is 3.88. The minimum atomic E-state index is -0.318. The van der Waals surface area contributed by atoms with Gasteiger partial charge in [0.25, 0.3) is 0 Å². The van der Waals surface area contributed by atoms with E-state index >= 15 is 0 Å². The second-order valence-electron chi connectivity index (χ2n) is 5.94. The Kier molecular flexibility index (Phi) is 3.80. The lowest BCUT2D eigenvalue weighted by Crippen LogP contribution is -2.35. The quantitative estimate of drug-likeness (QED) is 0.672. The number of fused-ring (bicyclic) bond motifs is 1. The van der Waals surface area contributed by atoms with E-state index in [0.717, 1.165) is 11.1 Å². The van der Waals surface area contributed by atoms with Crippen LogP contribution in [0.15, 0.2) is 17.6 Å². The van der Waals surface area contributed by atoms with Gasteiger partial charge in [-0.3, -0.25) is 10.1 Å². The van der Waals surface area contributed by atoms with Crippen molar-refractivity contribution in [1.29, 1.82) is 0 Å². The molecule has 0 bridgehead atoms. The zero-order chi connectivity index (χ0) is 15.0. The molecule has 6 heteroatoms. The molecule has 0 spiro atoms. The van der Waals surface area contributed by atoms with Gasteiger partial charge >= 0.3 is 5.69 Å². The van der Waals surface area contributed by atoms with Crippen molar-refractivity contribution >= 4 is 32.9 Å². The van der Waals surface area contributed by atoms with E-state index in [1.54, 1.807) is 5.51 Å². The molecular weight excluding hydrogens is 286 g/mol. The average Bonchev–Trinajstić information content (AvgIpc) is 2.91. The van der Waals surface area contributed by atoms with E-state index in [4.69, 9.17) is 0 Å². The Hall–Kier alpha value is -1.69. The van der Waals surface area contributed by atoms with E-state index in [1.807, 2.05) is 12.1 Å². The molecule has 5 nitrogen and oxygen atoms in total. The van der Waals surface area contributed by atoms with Crippen molar-refractivity contribution in [3.63, 3.8) is 0 Å². The van der Waals surface area contributed by atoms with Crippen molar-refractivity contribution < 1.29 is 4.92 Å². The molecule has 1 saturated carbocycles. The molecule has 3 unspecified atom stereocenters. The summed E-state index contributed by atoms with van der Waals surface area (Å²) in [4.78, 5) is 15.3. The number of anilines is 1. The van der Waals surface area contributed by atoms with Crippen LogP contribution in [0.4, 0.5) is 11.4 Å². The number of nitrogens with one attached hydrogen (secondary N) is 1. The number of thiazole rings is 1. The predicted octanol–water partition coefficient (Wildman–Crippen LogP) is 4.44. The van der Waals surface area contributed by atoms with Gasteiger partial charge < -0.3 is 5.32 Å². The van der Waals surface area contributed by atoms with Crippen LogP contribution in [0.2, 0.25) is 0 Å². The molecule has 0 saturated heterocycles. The molecule has 0 amide bonds. The molecule has 3 atom stereocenters. The molecule has 1 aliphatic rings. The van der Waals surface area contributed by atoms with Gasteiger partial charge in [-0.05, 0) is 30.4 Å². The van der Waals surface area contributed by atoms with Gasteiger partial charge in [0.05, 0.1) is 15.1 Å². The molecule has 1 fully saturated rings. The van der Waals surface area contributed by atoms with Crippen LogP contribution >= 0.6 is 11.3 Å². The van der Waals surface area contributed by atoms with Gasteiger partial charge in [-0.25, -0.2) is 4.98 Å². The van der Waals surface area contributed by atoms with Gasteiger partial charge in [-0.1, -0.05) is 26.7 Å². The van der Waals surface area contributed by atoms with Crippen molar-refractivity contribution in [1.82, 2.24) is 4.98 Å². The number of hydrogen-bond donors (Lipinski definition) is 1. The maximum Gasteiger partial charge on any atom is 0.319 e. The van der Waals surface area contributed by atoms with E-state index in [9.17, 15) is 10.1 Å². The Bertz CT molecular complexity index is 670. The Labute approximate surface area is 127 Å². The number of nitro benzene ring substituents is 1. The standard InChI is InChI=1S/C15H19N3O2S/c1-9-4-3-5-11(10(9)2)17-12-6-7-13-14(16-8-21-13)15(12)18(19)20/h6-11,17H,3-5H2,1-2H3. The molecule has 1 aliphatic carbocycles. The third-order valence-electron chi connectivity index (χ3n) is 4.71. The minimum Gasteiger partial charge on any atom is -0.376 e. The molecular formula is C15H19N3O2S. The second-order valence-corrected chi connectivity index (χ2v) is 6.82. The summed E-state index contributed by atoms with van der Waals surface area (Å²) >= 11 is 1.43. The summed E-state index contributed by atoms with van der Waals surface area (Å²) in [5.41, 5.74) is 2.86. The Morgan fingerprint density at radius 2 is 2.19 bits per heavy atom. The monoisotopic (exact) mass is 305 g/mol. The second kappa shape index (κ2) is 5.60. The summed E-state index contributed by atoms with van der Waals surface area (Å²) in [6.07, 6.45) is 3.49. The molecule has 0 aliphatic heterocycles. The SMILES string of the molecule is CC1CCCC(Nc2ccc3scnc3c2[N+](=O)[O-])C1C. The molecule has 112 valence electrons. The summed E-state index contributed by atoms with van der Waals surface area (Å²) in [7, 11) is 0. The van der Waals surface area contributed by atoms with Crippen LogP contribution in [-0.4, -0.2) is 15.9 Å². The van der Waals surface area contributed by atoms with Crippen LogP contribution in [0.3, 0.4) is 0 Å². The van der Waals surface area contributed by atoms with Gasteiger partial charge in [0.1, 0.15) is 5.69 Å². The van der Waals surface area contributed by atoms with E-state index in [1.165, 1.54) is 24.2 Å². The minimum absolute atomic E-state index is 0.110.